The van der Waals surface area contributed by atoms with Crippen LogP contribution in [0.5, 0.6) is 0 Å². The lowest BCUT2D eigenvalue weighted by molar-refractivity contribution is -0.144. The predicted molar refractivity (Wildman–Crippen MR) is 117 cm³/mol. The van der Waals surface area contributed by atoms with Crippen molar-refractivity contribution in [1.82, 2.24) is 0 Å². The van der Waals surface area contributed by atoms with E-state index in [9.17, 15) is 9.59 Å². The van der Waals surface area contributed by atoms with Gasteiger partial charge in [-0.2, -0.15) is 0 Å². The summed E-state index contributed by atoms with van der Waals surface area (Å²) in [6, 6.07) is 5.08. The SMILES string of the molecule is CCOC(=O)C1=C(COCC2(C)CO2)N=C(C)C(C(=O)OC)C1c1cccc(Cl)c1Cl. The molecule has 2 heterocycles. The van der Waals surface area contributed by atoms with Gasteiger partial charge in [0.25, 0.3) is 0 Å². The number of carbonyl (C=O) groups excluding carboxylic acids is 2. The summed E-state index contributed by atoms with van der Waals surface area (Å²) < 4.78 is 21.5. The molecule has 0 spiro atoms. The predicted octanol–water partition coefficient (Wildman–Crippen LogP) is 3.96. The number of nitrogens with zero attached hydrogens (tertiary/aromatic N) is 1. The lowest BCUT2D eigenvalue weighted by Crippen LogP contribution is -2.37. The fourth-order valence-electron chi connectivity index (χ4n) is 3.59. The first-order valence-electron chi connectivity index (χ1n) is 9.91. The molecule has 0 N–H and O–H groups in total. The monoisotopic (exact) mass is 469 g/mol. The van der Waals surface area contributed by atoms with Crippen LogP contribution in [0.2, 0.25) is 10.0 Å². The third kappa shape index (κ3) is 5.12. The Morgan fingerprint density at radius 2 is 2.03 bits per heavy atom. The molecule has 0 bridgehead atoms. The lowest BCUT2D eigenvalue weighted by Gasteiger charge is -2.32. The Morgan fingerprint density at radius 1 is 1.32 bits per heavy atom. The number of hydrogen-bond donors (Lipinski definition) is 0. The fraction of sp³-hybridized carbons (Fsp3) is 0.500. The molecule has 0 amide bonds. The van der Waals surface area contributed by atoms with Gasteiger partial charge >= 0.3 is 11.9 Å². The van der Waals surface area contributed by atoms with Crippen LogP contribution in [0, 0.1) is 5.92 Å². The summed E-state index contributed by atoms with van der Waals surface area (Å²) in [5.74, 6) is -2.79. The maximum atomic E-state index is 13.1. The molecule has 1 saturated heterocycles. The Morgan fingerprint density at radius 3 is 2.65 bits per heavy atom. The zero-order valence-corrected chi connectivity index (χ0v) is 19.4. The summed E-state index contributed by atoms with van der Waals surface area (Å²) in [5, 5.41) is 0.557. The number of ether oxygens (including phenoxy) is 4. The van der Waals surface area contributed by atoms with E-state index in [0.717, 1.165) is 0 Å². The van der Waals surface area contributed by atoms with E-state index in [1.807, 2.05) is 6.92 Å². The fourth-order valence-corrected chi connectivity index (χ4v) is 4.02. The summed E-state index contributed by atoms with van der Waals surface area (Å²) in [5.41, 5.74) is 1.25. The highest BCUT2D eigenvalue weighted by Crippen LogP contribution is 2.44. The molecule has 0 radical (unpaired) electrons. The average Bonchev–Trinajstić information content (AvgIpc) is 3.46. The first-order valence-corrected chi connectivity index (χ1v) is 10.7. The topological polar surface area (TPSA) is 86.7 Å². The van der Waals surface area contributed by atoms with E-state index in [2.05, 4.69) is 4.99 Å². The van der Waals surface area contributed by atoms with E-state index < -0.39 is 23.8 Å². The van der Waals surface area contributed by atoms with Crippen molar-refractivity contribution >= 4 is 40.9 Å². The maximum absolute atomic E-state index is 13.1. The summed E-state index contributed by atoms with van der Waals surface area (Å²) in [4.78, 5) is 30.3. The van der Waals surface area contributed by atoms with Crippen molar-refractivity contribution < 1.29 is 28.5 Å². The molecule has 2 aliphatic heterocycles. The molecule has 2 aliphatic rings. The highest BCUT2D eigenvalue weighted by atomic mass is 35.5. The van der Waals surface area contributed by atoms with Gasteiger partial charge in [0, 0.05) is 11.6 Å². The molecule has 3 unspecified atom stereocenters. The minimum Gasteiger partial charge on any atom is -0.468 e. The van der Waals surface area contributed by atoms with Gasteiger partial charge in [-0.05, 0) is 32.4 Å². The molecule has 3 atom stereocenters. The summed E-state index contributed by atoms with van der Waals surface area (Å²) >= 11 is 12.8. The Hall–Kier alpha value is -1.93. The van der Waals surface area contributed by atoms with Crippen molar-refractivity contribution in [3.8, 4) is 0 Å². The second-order valence-corrected chi connectivity index (χ2v) is 8.47. The van der Waals surface area contributed by atoms with Gasteiger partial charge in [0.15, 0.2) is 0 Å². The van der Waals surface area contributed by atoms with Crippen LogP contribution in [0.4, 0.5) is 0 Å². The average molecular weight is 470 g/mol. The number of carbonyl (C=O) groups is 2. The molecule has 1 aromatic carbocycles. The smallest absolute Gasteiger partial charge is 0.336 e. The number of epoxide rings is 1. The van der Waals surface area contributed by atoms with Gasteiger partial charge in [0.1, 0.15) is 11.5 Å². The highest BCUT2D eigenvalue weighted by Gasteiger charge is 2.44. The normalized spacial score (nSPS) is 25.2. The largest absolute Gasteiger partial charge is 0.468 e. The molecule has 168 valence electrons. The Balaban J connectivity index is 2.12. The Kier molecular flexibility index (Phi) is 7.42. The number of benzene rings is 1. The minimum atomic E-state index is -0.867. The van der Waals surface area contributed by atoms with E-state index in [1.165, 1.54) is 7.11 Å². The van der Waals surface area contributed by atoms with Crippen LogP contribution in [-0.4, -0.2) is 56.8 Å². The number of halogens is 2. The van der Waals surface area contributed by atoms with Crippen molar-refractivity contribution in [3.63, 3.8) is 0 Å². The molecule has 3 rings (SSSR count). The molecule has 31 heavy (non-hydrogen) atoms. The lowest BCUT2D eigenvalue weighted by atomic mass is 9.75. The zero-order valence-electron chi connectivity index (χ0n) is 17.9. The summed E-state index contributed by atoms with van der Waals surface area (Å²) in [7, 11) is 1.29. The molecular formula is C22H25Cl2NO6. The Bertz CT molecular complexity index is 938. The van der Waals surface area contributed by atoms with Crippen LogP contribution in [0.3, 0.4) is 0 Å². The van der Waals surface area contributed by atoms with E-state index in [1.54, 1.807) is 32.0 Å². The second-order valence-electron chi connectivity index (χ2n) is 7.69. The van der Waals surface area contributed by atoms with Gasteiger partial charge in [-0.1, -0.05) is 35.3 Å². The van der Waals surface area contributed by atoms with E-state index in [0.29, 0.717) is 35.2 Å². The van der Waals surface area contributed by atoms with Gasteiger partial charge in [-0.3, -0.25) is 9.79 Å². The van der Waals surface area contributed by atoms with Crippen LogP contribution in [0.15, 0.2) is 34.5 Å². The van der Waals surface area contributed by atoms with Gasteiger partial charge in [-0.15, -0.1) is 0 Å². The number of aliphatic imine (C=N–C) groups is 1. The van der Waals surface area contributed by atoms with Crippen molar-refractivity contribution in [2.24, 2.45) is 10.9 Å². The first-order chi connectivity index (χ1) is 14.7. The van der Waals surface area contributed by atoms with Crippen LogP contribution in [-0.2, 0) is 28.5 Å². The first kappa shape index (κ1) is 23.7. The molecule has 1 fully saturated rings. The van der Waals surface area contributed by atoms with Crippen molar-refractivity contribution in [3.05, 3.63) is 45.1 Å². The zero-order chi connectivity index (χ0) is 22.8. The number of rotatable bonds is 8. The van der Waals surface area contributed by atoms with Crippen molar-refractivity contribution in [1.29, 1.82) is 0 Å². The second kappa shape index (κ2) is 9.69. The van der Waals surface area contributed by atoms with Crippen molar-refractivity contribution in [2.45, 2.75) is 32.3 Å². The standard InChI is InChI=1S/C22H25Cl2NO6/c1-5-30-21(27)18-15(9-29-10-22(3)11-31-22)25-12(2)16(20(26)28-4)17(18)13-7-6-8-14(23)19(13)24/h6-8,16-17H,5,9-11H2,1-4H3. The molecule has 9 heteroatoms. The third-order valence-electron chi connectivity index (χ3n) is 5.27. The quantitative estimate of drug-likeness (QED) is 0.422. The molecular weight excluding hydrogens is 445 g/mol. The number of hydrogen-bond acceptors (Lipinski definition) is 7. The number of methoxy groups -OCH3 is 1. The molecule has 0 saturated carbocycles. The van der Waals surface area contributed by atoms with Gasteiger partial charge in [-0.25, -0.2) is 4.79 Å². The summed E-state index contributed by atoms with van der Waals surface area (Å²) in [6.07, 6.45) is 0. The van der Waals surface area contributed by atoms with Crippen LogP contribution in [0.25, 0.3) is 0 Å². The minimum absolute atomic E-state index is 0.0486. The molecule has 1 aromatic rings. The van der Waals surface area contributed by atoms with Crippen LogP contribution >= 0.6 is 23.2 Å². The Labute approximate surface area is 191 Å². The van der Waals surface area contributed by atoms with Crippen LogP contribution < -0.4 is 0 Å². The molecule has 0 aliphatic carbocycles. The van der Waals surface area contributed by atoms with Gasteiger partial charge in [0.2, 0.25) is 0 Å². The van der Waals surface area contributed by atoms with E-state index >= 15 is 0 Å². The highest BCUT2D eigenvalue weighted by molar-refractivity contribution is 6.42. The molecule has 0 aromatic heterocycles. The van der Waals surface area contributed by atoms with E-state index in [4.69, 9.17) is 42.1 Å². The van der Waals surface area contributed by atoms with E-state index in [-0.39, 0.29) is 29.4 Å². The third-order valence-corrected chi connectivity index (χ3v) is 6.10. The maximum Gasteiger partial charge on any atom is 0.336 e. The van der Waals surface area contributed by atoms with Crippen molar-refractivity contribution in [2.75, 3.05) is 33.5 Å². The van der Waals surface area contributed by atoms with Gasteiger partial charge < -0.3 is 18.9 Å². The molecule has 7 nitrogen and oxygen atoms in total. The van der Waals surface area contributed by atoms with Gasteiger partial charge in [0.05, 0.1) is 54.9 Å². The summed E-state index contributed by atoms with van der Waals surface area (Å²) in [6.45, 7) is 6.52. The van der Waals surface area contributed by atoms with Crippen LogP contribution in [0.1, 0.15) is 32.3 Å². The number of esters is 2.